The fourth-order valence-corrected chi connectivity index (χ4v) is 3.20. The van der Waals surface area contributed by atoms with E-state index in [4.69, 9.17) is 5.14 Å². The molecule has 0 aliphatic rings. The number of halogens is 5. The van der Waals surface area contributed by atoms with E-state index in [9.17, 15) is 30.4 Å². The molecule has 28 heavy (non-hydrogen) atoms. The third-order valence-electron chi connectivity index (χ3n) is 4.08. The highest BCUT2D eigenvalue weighted by Crippen LogP contribution is 2.36. The second-order valence-corrected chi connectivity index (χ2v) is 7.52. The van der Waals surface area contributed by atoms with Gasteiger partial charge in [-0.05, 0) is 58.7 Å². The topological polar surface area (TPSA) is 60.2 Å². The predicted octanol–water partition coefficient (Wildman–Crippen LogP) is 4.97. The summed E-state index contributed by atoms with van der Waals surface area (Å²) in [5.41, 5.74) is 0.0205. The summed E-state index contributed by atoms with van der Waals surface area (Å²) in [7, 11) is -3.94. The molecule has 0 spiro atoms. The minimum Gasteiger partial charge on any atom is -0.225 e. The lowest BCUT2D eigenvalue weighted by atomic mass is 9.93. The predicted molar refractivity (Wildman–Crippen MR) is 93.6 cm³/mol. The number of alkyl halides is 3. The van der Waals surface area contributed by atoms with E-state index in [1.165, 1.54) is 24.3 Å². The van der Waals surface area contributed by atoms with Crippen LogP contribution in [0.25, 0.3) is 22.3 Å². The summed E-state index contributed by atoms with van der Waals surface area (Å²) in [5, 5.41) is 5.03. The Morgan fingerprint density at radius 3 is 1.46 bits per heavy atom. The van der Waals surface area contributed by atoms with E-state index in [-0.39, 0.29) is 21.6 Å². The third kappa shape index (κ3) is 4.05. The van der Waals surface area contributed by atoms with Gasteiger partial charge in [-0.25, -0.2) is 22.3 Å². The van der Waals surface area contributed by atoms with E-state index >= 15 is 0 Å². The van der Waals surface area contributed by atoms with Crippen LogP contribution in [0, 0.1) is 11.6 Å². The first-order chi connectivity index (χ1) is 13.0. The molecule has 0 unspecified atom stereocenters. The smallest absolute Gasteiger partial charge is 0.225 e. The summed E-state index contributed by atoms with van der Waals surface area (Å²) in [5.74, 6) is -2.32. The highest BCUT2D eigenvalue weighted by Gasteiger charge is 2.30. The van der Waals surface area contributed by atoms with Crippen molar-refractivity contribution in [3.05, 3.63) is 77.9 Å². The molecule has 0 aromatic heterocycles. The maximum absolute atomic E-state index is 13.8. The zero-order valence-electron chi connectivity index (χ0n) is 14.0. The van der Waals surface area contributed by atoms with Crippen molar-refractivity contribution in [2.24, 2.45) is 5.14 Å². The lowest BCUT2D eigenvalue weighted by Gasteiger charge is -2.13. The van der Waals surface area contributed by atoms with Crippen molar-refractivity contribution >= 4 is 10.0 Å². The molecule has 3 rings (SSSR count). The molecule has 0 bridgehead atoms. The van der Waals surface area contributed by atoms with Gasteiger partial charge >= 0.3 is 6.18 Å². The van der Waals surface area contributed by atoms with Crippen molar-refractivity contribution in [3.63, 3.8) is 0 Å². The van der Waals surface area contributed by atoms with E-state index in [2.05, 4.69) is 0 Å². The van der Waals surface area contributed by atoms with Gasteiger partial charge in [0.15, 0.2) is 11.6 Å². The Kier molecular flexibility index (Phi) is 4.99. The van der Waals surface area contributed by atoms with Crippen molar-refractivity contribution in [1.29, 1.82) is 0 Å². The van der Waals surface area contributed by atoms with Gasteiger partial charge in [-0.1, -0.05) is 24.3 Å². The number of sulfonamides is 1. The molecule has 0 amide bonds. The molecular formula is C19H12F5NO2S. The second kappa shape index (κ2) is 6.99. The van der Waals surface area contributed by atoms with Gasteiger partial charge in [0, 0.05) is 0 Å². The lowest BCUT2D eigenvalue weighted by Crippen LogP contribution is -2.11. The first-order valence-electron chi connectivity index (χ1n) is 7.77. The van der Waals surface area contributed by atoms with Crippen LogP contribution in [0.4, 0.5) is 22.0 Å². The third-order valence-corrected chi connectivity index (χ3v) is 5.01. The second-order valence-electron chi connectivity index (χ2n) is 5.96. The van der Waals surface area contributed by atoms with Gasteiger partial charge in [-0.3, -0.25) is 0 Å². The number of hydrogen-bond donors (Lipinski definition) is 1. The van der Waals surface area contributed by atoms with Crippen LogP contribution in [0.2, 0.25) is 0 Å². The molecule has 3 aromatic rings. The van der Waals surface area contributed by atoms with Crippen LogP contribution < -0.4 is 5.14 Å². The van der Waals surface area contributed by atoms with E-state index in [1.54, 1.807) is 0 Å². The highest BCUT2D eigenvalue weighted by atomic mass is 32.2. The van der Waals surface area contributed by atoms with Crippen LogP contribution in [0.15, 0.2) is 65.6 Å². The minimum absolute atomic E-state index is 0.149. The highest BCUT2D eigenvalue weighted by molar-refractivity contribution is 7.89. The summed E-state index contributed by atoms with van der Waals surface area (Å²) < 4.78 is 88.6. The lowest BCUT2D eigenvalue weighted by molar-refractivity contribution is -0.137. The molecule has 0 aliphatic carbocycles. The molecule has 146 valence electrons. The van der Waals surface area contributed by atoms with Crippen LogP contribution in [0.1, 0.15) is 5.56 Å². The summed E-state index contributed by atoms with van der Waals surface area (Å²) in [6.07, 6.45) is -4.53. The zero-order chi connectivity index (χ0) is 20.7. The van der Waals surface area contributed by atoms with E-state index in [0.717, 1.165) is 36.4 Å². The number of rotatable bonds is 3. The summed E-state index contributed by atoms with van der Waals surface area (Å²) >= 11 is 0. The SMILES string of the molecule is NS(=O)(=O)c1ccc(-c2cc(F)c(F)cc2-c2ccc(C(F)(F)F)cc2)cc1. The molecule has 0 saturated carbocycles. The van der Waals surface area contributed by atoms with Crippen LogP contribution in [-0.4, -0.2) is 8.42 Å². The standard InChI is InChI=1S/C19H12F5NO2S/c20-17-9-15(11-1-5-13(6-2-11)19(22,23)24)16(10-18(17)21)12-3-7-14(8-4-12)28(25,26)27/h1-10H,(H2,25,26,27). The number of benzene rings is 3. The van der Waals surface area contributed by atoms with Crippen LogP contribution in [0.3, 0.4) is 0 Å². The molecule has 0 heterocycles. The Labute approximate surface area is 157 Å². The average Bonchev–Trinajstić information content (AvgIpc) is 2.62. The van der Waals surface area contributed by atoms with Crippen molar-refractivity contribution < 1.29 is 30.4 Å². The fourth-order valence-electron chi connectivity index (χ4n) is 2.69. The van der Waals surface area contributed by atoms with Crippen LogP contribution in [0.5, 0.6) is 0 Å². The van der Waals surface area contributed by atoms with Crippen LogP contribution >= 0.6 is 0 Å². The largest absolute Gasteiger partial charge is 0.416 e. The molecule has 0 aliphatic heterocycles. The summed E-state index contributed by atoms with van der Waals surface area (Å²) in [6, 6.07) is 10.8. The summed E-state index contributed by atoms with van der Waals surface area (Å²) in [4.78, 5) is -0.171. The van der Waals surface area contributed by atoms with Crippen molar-refractivity contribution in [2.75, 3.05) is 0 Å². The van der Waals surface area contributed by atoms with Gasteiger partial charge in [-0.15, -0.1) is 0 Å². The average molecular weight is 413 g/mol. The van der Waals surface area contributed by atoms with Gasteiger partial charge in [0.1, 0.15) is 0 Å². The Morgan fingerprint density at radius 2 is 1.11 bits per heavy atom. The molecular weight excluding hydrogens is 401 g/mol. The van der Waals surface area contributed by atoms with E-state index in [1.807, 2.05) is 0 Å². The molecule has 0 radical (unpaired) electrons. The Morgan fingerprint density at radius 1 is 0.714 bits per heavy atom. The molecule has 2 N–H and O–H groups in total. The van der Waals surface area contributed by atoms with Gasteiger partial charge in [0.05, 0.1) is 10.5 Å². The zero-order valence-corrected chi connectivity index (χ0v) is 14.8. The van der Waals surface area contributed by atoms with Gasteiger partial charge < -0.3 is 0 Å². The normalized spacial score (nSPS) is 12.2. The molecule has 3 nitrogen and oxygen atoms in total. The maximum atomic E-state index is 13.8. The van der Waals surface area contributed by atoms with Gasteiger partial charge in [0.25, 0.3) is 0 Å². The molecule has 3 aromatic carbocycles. The molecule has 0 atom stereocenters. The molecule has 0 saturated heterocycles. The molecule has 0 fully saturated rings. The number of primary sulfonamides is 1. The van der Waals surface area contributed by atoms with E-state index in [0.29, 0.717) is 5.56 Å². The maximum Gasteiger partial charge on any atom is 0.416 e. The minimum atomic E-state index is -4.53. The van der Waals surface area contributed by atoms with Crippen molar-refractivity contribution in [2.45, 2.75) is 11.1 Å². The first-order valence-corrected chi connectivity index (χ1v) is 9.31. The Hall–Kier alpha value is -2.78. The van der Waals surface area contributed by atoms with E-state index < -0.39 is 33.4 Å². The summed E-state index contributed by atoms with van der Waals surface area (Å²) in [6.45, 7) is 0. The van der Waals surface area contributed by atoms with Crippen molar-refractivity contribution in [3.8, 4) is 22.3 Å². The number of nitrogens with two attached hydrogens (primary N) is 1. The van der Waals surface area contributed by atoms with Crippen molar-refractivity contribution in [1.82, 2.24) is 0 Å². The van der Waals surface area contributed by atoms with Crippen LogP contribution in [-0.2, 0) is 16.2 Å². The quantitative estimate of drug-likeness (QED) is 0.617. The first kappa shape index (κ1) is 20.0. The Bertz CT molecular complexity index is 1120. The molecule has 9 heteroatoms. The van der Waals surface area contributed by atoms with Gasteiger partial charge in [-0.2, -0.15) is 13.2 Å². The number of hydrogen-bond acceptors (Lipinski definition) is 2. The van der Waals surface area contributed by atoms with Gasteiger partial charge in [0.2, 0.25) is 10.0 Å². The monoisotopic (exact) mass is 413 g/mol. The Balaban J connectivity index is 2.14. The fraction of sp³-hybridized carbons (Fsp3) is 0.0526.